The molecule has 4 N–H and O–H groups in total. The van der Waals surface area contributed by atoms with Crippen molar-refractivity contribution in [2.45, 2.75) is 70.2 Å². The Bertz CT molecular complexity index is 2370. The average molecular weight is 1070 g/mol. The summed E-state index contributed by atoms with van der Waals surface area (Å²) in [5, 5.41) is 19.9. The van der Waals surface area contributed by atoms with Gasteiger partial charge in [0.05, 0.1) is 35.6 Å². The van der Waals surface area contributed by atoms with Gasteiger partial charge in [0.25, 0.3) is 11.6 Å². The van der Waals surface area contributed by atoms with Crippen LogP contribution in [0.25, 0.3) is 0 Å². The molecule has 0 spiro atoms. The highest BCUT2D eigenvalue weighted by molar-refractivity contribution is 7.57. The number of amides is 2. The summed E-state index contributed by atoms with van der Waals surface area (Å²) in [4.78, 5) is 66.6. The molecule has 1 aliphatic rings. The van der Waals surface area contributed by atoms with Crippen LogP contribution in [0.1, 0.15) is 67.5 Å². The molecule has 0 aliphatic carbocycles. The van der Waals surface area contributed by atoms with Crippen LogP contribution in [0.3, 0.4) is 0 Å². The Kier molecular flexibility index (Phi) is 24.8. The predicted octanol–water partition coefficient (Wildman–Crippen LogP) is 10.0. The van der Waals surface area contributed by atoms with E-state index in [-0.39, 0.29) is 65.1 Å². The van der Waals surface area contributed by atoms with E-state index in [2.05, 4.69) is 11.7 Å². The highest BCUT2D eigenvalue weighted by Gasteiger charge is 2.45. The number of methoxy groups -OCH3 is 1. The van der Waals surface area contributed by atoms with Gasteiger partial charge in [0, 0.05) is 36.6 Å². The number of esters is 1. The first-order valence-corrected chi connectivity index (χ1v) is 24.9. The van der Waals surface area contributed by atoms with Crippen molar-refractivity contribution in [1.82, 2.24) is 4.90 Å². The Morgan fingerprint density at radius 1 is 1.07 bits per heavy atom. The fourth-order valence-corrected chi connectivity index (χ4v) is 7.62. The summed E-state index contributed by atoms with van der Waals surface area (Å²) in [6.45, 7) is 11.9. The first-order chi connectivity index (χ1) is 31.8. The summed E-state index contributed by atoms with van der Waals surface area (Å²) >= 11 is 28.6. The van der Waals surface area contributed by atoms with Gasteiger partial charge in [-0.2, -0.15) is 0 Å². The van der Waals surface area contributed by atoms with Crippen LogP contribution < -0.4 is 15.4 Å². The number of nitrogens with zero attached hydrogens (tertiary/aromatic N) is 3. The molecule has 1 saturated heterocycles. The molecular formula is C44H54Cl5N4O14P. The second kappa shape index (κ2) is 28.3. The number of hydrogen-bond donors (Lipinski definition) is 3. The van der Waals surface area contributed by atoms with E-state index in [0.717, 1.165) is 36.4 Å². The lowest BCUT2D eigenvalue weighted by atomic mass is 10.0. The quantitative estimate of drug-likeness (QED) is 0.0236. The number of alkyl halides is 3. The first kappa shape index (κ1) is 59.7. The van der Waals surface area contributed by atoms with Gasteiger partial charge in [0.15, 0.2) is 12.2 Å². The van der Waals surface area contributed by atoms with Crippen LogP contribution in [-0.2, 0) is 39.6 Å². The molecule has 68 heavy (non-hydrogen) atoms. The monoisotopic (exact) mass is 1070 g/mol. The molecule has 1 fully saturated rings. The highest BCUT2D eigenvalue weighted by atomic mass is 35.5. The van der Waals surface area contributed by atoms with Gasteiger partial charge in [0.1, 0.15) is 53.3 Å². The number of nitro benzene ring substituents is 1. The molecule has 2 heterocycles. The van der Waals surface area contributed by atoms with E-state index in [0.29, 0.717) is 29.7 Å². The van der Waals surface area contributed by atoms with Crippen LogP contribution in [0, 0.1) is 17.0 Å². The van der Waals surface area contributed by atoms with Crippen LogP contribution in [0.4, 0.5) is 11.4 Å². The lowest BCUT2D eigenvalue weighted by Crippen LogP contribution is -2.45. The number of nitrogens with two attached hydrogens (primary N) is 1. The van der Waals surface area contributed by atoms with Crippen LogP contribution in [-0.4, -0.2) is 106 Å². The molecule has 3 aromatic carbocycles. The molecule has 2 amide bonds. The maximum absolute atomic E-state index is 12.0. The number of aliphatic carboxylic acids is 1. The lowest BCUT2D eigenvalue weighted by molar-refractivity contribution is -0.385. The number of aryl methyl sites for hydroxylation is 2. The number of furan rings is 1. The van der Waals surface area contributed by atoms with Crippen molar-refractivity contribution in [2.75, 3.05) is 50.6 Å². The Balaban J connectivity index is 0.000000319. The van der Waals surface area contributed by atoms with Crippen molar-refractivity contribution in [3.8, 4) is 11.5 Å². The van der Waals surface area contributed by atoms with Crippen LogP contribution in [0.2, 0.25) is 10.0 Å². The van der Waals surface area contributed by atoms with Crippen LogP contribution in [0.15, 0.2) is 77.4 Å². The van der Waals surface area contributed by atoms with E-state index >= 15 is 0 Å². The van der Waals surface area contributed by atoms with Crippen molar-refractivity contribution in [3.05, 3.63) is 116 Å². The number of rotatable bonds is 16. The third-order valence-electron chi connectivity index (χ3n) is 9.42. The minimum absolute atomic E-state index is 0.0371. The van der Waals surface area contributed by atoms with Crippen molar-refractivity contribution in [2.24, 2.45) is 5.73 Å². The van der Waals surface area contributed by atoms with E-state index in [4.69, 9.17) is 92.4 Å². The average Bonchev–Trinajstić information content (AvgIpc) is 3.94. The number of carboxylic acids is 1. The smallest absolute Gasteiger partial charge is 0.345 e. The summed E-state index contributed by atoms with van der Waals surface area (Å²) in [6.07, 6.45) is 2.16. The third kappa shape index (κ3) is 18.8. The maximum Gasteiger partial charge on any atom is 0.345 e. The van der Waals surface area contributed by atoms with Crippen LogP contribution >= 0.6 is 65.4 Å². The maximum atomic E-state index is 12.0. The minimum atomic E-state index is -3.10. The Morgan fingerprint density at radius 2 is 1.75 bits per heavy atom. The number of benzene rings is 3. The zero-order valence-electron chi connectivity index (χ0n) is 38.2. The molecular weight excluding hydrogens is 1020 g/mol. The number of anilines is 1. The summed E-state index contributed by atoms with van der Waals surface area (Å²) in [5.41, 5.74) is 6.89. The lowest BCUT2D eigenvalue weighted by Gasteiger charge is -2.29. The van der Waals surface area contributed by atoms with Gasteiger partial charge in [-0.05, 0) is 88.1 Å². The normalized spacial score (nSPS) is 14.9. The number of halogens is 5. The van der Waals surface area contributed by atoms with Crippen molar-refractivity contribution >= 4 is 101 Å². The standard InChI is InChI=1S/C14H9Cl2NO5.C14H20ClNO2.C11H13Cl2NO3.C5H12NO4P/c1-21-14(18)10-7-9(3-4-12(10)17(19)20)22-13-5-2-8(15)6-11(13)16;1-4-12-8-6-7-11(3)14(12)16(10-18-5-2)13(17)9-15;1-11(2)14(10(15)9(12)13)6-8(17-11)7-4-3-5-16-7;1-11(9,10)3-2-4(6)5(7)8/h2-7H,1H3;6-8H,4-5,9-10H2,1-3H3;3-5,8-9H,6H2,1-2H3;4H,2-3,6H2,1H3,(H,7,8)(H,9,10). The molecule has 24 heteroatoms. The molecule has 3 unspecified atom stereocenters. The van der Waals surface area contributed by atoms with Crippen molar-refractivity contribution < 1.29 is 62.0 Å². The Hall–Kier alpha value is -4.46. The zero-order valence-corrected chi connectivity index (χ0v) is 42.8. The van der Waals surface area contributed by atoms with Gasteiger partial charge >= 0.3 is 11.9 Å². The second-order valence-corrected chi connectivity index (χ2v) is 19.7. The molecule has 1 aromatic heterocycles. The van der Waals surface area contributed by atoms with E-state index in [1.54, 1.807) is 43.2 Å². The number of carbonyl (C=O) groups is 4. The summed E-state index contributed by atoms with van der Waals surface area (Å²) in [5.74, 6) is -1.30. The number of nitro groups is 1. The largest absolute Gasteiger partial charge is 0.480 e. The number of hydrogen-bond acceptors (Lipinski definition) is 13. The zero-order chi connectivity index (χ0) is 51.5. The fourth-order valence-electron chi connectivity index (χ4n) is 6.04. The van der Waals surface area contributed by atoms with E-state index in [1.807, 2.05) is 38.1 Å². The molecule has 1 aliphatic heterocycles. The molecule has 0 saturated carbocycles. The third-order valence-corrected chi connectivity index (χ3v) is 11.6. The van der Waals surface area contributed by atoms with Gasteiger partial charge in [-0.1, -0.05) is 71.5 Å². The van der Waals surface area contributed by atoms with Gasteiger partial charge < -0.3 is 44.0 Å². The molecule has 0 bridgehead atoms. The number of carbonyl (C=O) groups excluding carboxylic acids is 3. The van der Waals surface area contributed by atoms with Gasteiger partial charge in [0.2, 0.25) is 5.91 Å². The predicted molar refractivity (Wildman–Crippen MR) is 261 cm³/mol. The van der Waals surface area contributed by atoms with Crippen molar-refractivity contribution in [3.63, 3.8) is 0 Å². The Morgan fingerprint density at radius 3 is 2.26 bits per heavy atom. The molecule has 18 nitrogen and oxygen atoms in total. The first-order valence-electron chi connectivity index (χ1n) is 20.4. The van der Waals surface area contributed by atoms with Gasteiger partial charge in [-0.3, -0.25) is 34.0 Å². The molecule has 0 radical (unpaired) electrons. The number of carboxylic acid groups (broad SMARTS) is 1. The minimum Gasteiger partial charge on any atom is -0.480 e. The number of ether oxygens (including phenoxy) is 4. The SMILES string of the molecule is CC1(C)OC(c2ccco2)CN1C(=O)C(Cl)Cl.CCOCN(C(=O)CCl)c1c(C)cccc1CC.COC(=O)c1cc(Oc2ccc(Cl)cc2Cl)ccc1[N+](=O)[O-].CP(=O)(O)CCC(N)C(=O)O. The van der Waals surface area contributed by atoms with Gasteiger partial charge in [-0.25, -0.2) is 4.79 Å². The number of para-hydroxylation sites is 1. The van der Waals surface area contributed by atoms with Gasteiger partial charge in [-0.15, -0.1) is 11.6 Å². The summed E-state index contributed by atoms with van der Waals surface area (Å²) in [6, 6.07) is 16.9. The molecule has 374 valence electrons. The van der Waals surface area contributed by atoms with Crippen LogP contribution in [0.5, 0.6) is 11.5 Å². The van der Waals surface area contributed by atoms with Crippen molar-refractivity contribution in [1.29, 1.82) is 0 Å². The molecule has 5 rings (SSSR count). The highest BCUT2D eigenvalue weighted by Crippen LogP contribution is 2.38. The van der Waals surface area contributed by atoms with E-state index in [1.165, 1.54) is 29.8 Å². The van der Waals surface area contributed by atoms with E-state index < -0.39 is 40.8 Å². The molecule has 4 aromatic rings. The van der Waals surface area contributed by atoms with E-state index in [9.17, 15) is 33.9 Å². The molecule has 3 atom stereocenters. The topological polar surface area (TPSA) is 252 Å². The second-order valence-electron chi connectivity index (χ2n) is 14.9. The summed E-state index contributed by atoms with van der Waals surface area (Å²) in [7, 11) is -1.97. The Labute approximate surface area is 419 Å². The summed E-state index contributed by atoms with van der Waals surface area (Å²) < 4.78 is 37.1. The fraction of sp³-hybridized carbons (Fsp3) is 0.409.